The van der Waals surface area contributed by atoms with E-state index in [4.69, 9.17) is 25.3 Å². The first-order valence-corrected chi connectivity index (χ1v) is 22.8. The number of rotatable bonds is 11. The lowest BCUT2D eigenvalue weighted by molar-refractivity contribution is -0.153. The minimum Gasteiger partial charge on any atom is -0.481 e. The number of carbonyl (C=O) groups excluding carboxylic acids is 1. The molecule has 3 heterocycles. The second-order valence-corrected chi connectivity index (χ2v) is 18.4. The summed E-state index contributed by atoms with van der Waals surface area (Å²) in [5.41, 5.74) is 4.54. The predicted octanol–water partition coefficient (Wildman–Crippen LogP) is 11.5. The van der Waals surface area contributed by atoms with Crippen molar-refractivity contribution in [2.24, 2.45) is 0 Å². The third kappa shape index (κ3) is 14.0. The van der Waals surface area contributed by atoms with Crippen LogP contribution in [0.5, 0.6) is 0 Å². The number of hydrogen-bond acceptors (Lipinski definition) is 8. The number of carbonyl (C=O) groups is 2. The Balaban J connectivity index is 0.000000196. The molecule has 1 fully saturated rings. The van der Waals surface area contributed by atoms with Gasteiger partial charge in [-0.3, -0.25) is 14.6 Å². The third-order valence-corrected chi connectivity index (χ3v) is 12.6. The van der Waals surface area contributed by atoms with Crippen molar-refractivity contribution < 1.29 is 41.6 Å². The van der Waals surface area contributed by atoms with Gasteiger partial charge in [0.2, 0.25) is 5.76 Å². The zero-order valence-electron chi connectivity index (χ0n) is 38.3. The topological polar surface area (TPSA) is 114 Å². The number of aliphatic carboxylic acids is 1. The van der Waals surface area contributed by atoms with Crippen LogP contribution in [0.1, 0.15) is 119 Å². The predicted molar refractivity (Wildman–Crippen MR) is 253 cm³/mol. The quantitative estimate of drug-likeness (QED) is 0.0986. The van der Waals surface area contributed by atoms with Gasteiger partial charge in [0.1, 0.15) is 5.76 Å². The van der Waals surface area contributed by atoms with Crippen molar-refractivity contribution in [2.45, 2.75) is 124 Å². The number of halogens is 5. The molecule has 64 heavy (non-hydrogen) atoms. The van der Waals surface area contributed by atoms with Gasteiger partial charge in [-0.15, -0.1) is 0 Å². The molecule has 0 saturated carbocycles. The zero-order valence-corrected chi connectivity index (χ0v) is 40.6. The molecule has 1 aliphatic heterocycles. The first kappa shape index (κ1) is 52.6. The van der Waals surface area contributed by atoms with Crippen molar-refractivity contribution >= 4 is 62.2 Å². The van der Waals surface area contributed by atoms with E-state index in [1.54, 1.807) is 13.8 Å². The largest absolute Gasteiger partial charge is 0.494 e. The second-order valence-electron chi connectivity index (χ2n) is 17.2. The Morgan fingerprint density at radius 2 is 1.47 bits per heavy atom. The smallest absolute Gasteiger partial charge is 0.481 e. The van der Waals surface area contributed by atoms with E-state index in [2.05, 4.69) is 51.9 Å². The lowest BCUT2D eigenvalue weighted by Gasteiger charge is -2.32. The SMILES string of the molecule is CC(C)(C(=O)O)c1cccc(B2OC(C)(C)C(C)(C)O2)c1.CCN(CC)CC.FC(F)(F)c1ccc(CNCc2ccc(Br)cc2)o1.O=C(Cl)c1c2c(nc3ccccc13)CCCC2. The highest BCUT2D eigenvalue weighted by Crippen LogP contribution is 2.37. The Labute approximate surface area is 389 Å². The van der Waals surface area contributed by atoms with Gasteiger partial charge in [0.15, 0.2) is 0 Å². The number of furan rings is 1. The summed E-state index contributed by atoms with van der Waals surface area (Å²) in [4.78, 5) is 30.1. The minimum absolute atomic E-state index is 0.256. The Morgan fingerprint density at radius 1 is 0.859 bits per heavy atom. The van der Waals surface area contributed by atoms with Gasteiger partial charge in [-0.25, -0.2) is 0 Å². The summed E-state index contributed by atoms with van der Waals surface area (Å²) in [6, 6.07) is 25.1. The van der Waals surface area contributed by atoms with Gasteiger partial charge in [-0.2, -0.15) is 13.2 Å². The van der Waals surface area contributed by atoms with Gasteiger partial charge in [-0.05, 0) is 151 Å². The average molecular weight is 971 g/mol. The highest BCUT2D eigenvalue weighted by atomic mass is 79.9. The van der Waals surface area contributed by atoms with Crippen LogP contribution in [-0.4, -0.2) is 64.2 Å². The lowest BCUT2D eigenvalue weighted by Crippen LogP contribution is -2.41. The molecule has 0 atom stereocenters. The maximum Gasteiger partial charge on any atom is 0.494 e. The highest BCUT2D eigenvalue weighted by molar-refractivity contribution is 9.10. The molecule has 0 bridgehead atoms. The van der Waals surface area contributed by atoms with Crippen LogP contribution < -0.4 is 10.8 Å². The molecule has 0 spiro atoms. The van der Waals surface area contributed by atoms with E-state index >= 15 is 0 Å². The molecular formula is C49H61BBrClF3N3O6. The standard InChI is InChI=1S/C16H23BO4.C14H12ClNO.C13H11BrF3NO.C6H15N/c1-14(2,13(18)19)11-8-7-9-12(10-11)17-20-15(3,4)16(5,6)21-17;15-14(17)13-9-5-1-3-7-11(9)16-12-8-4-2-6-10(12)13;14-10-3-1-9(2-4-10)7-18-8-11-5-6-12(19-11)13(15,16)17;1-4-7(5-2)6-3/h7-10H,1-6H3,(H,18,19);1,3,5,7H,2,4,6,8H2;1-6,18H,7-8H2;4-6H2,1-3H3. The fourth-order valence-electron chi connectivity index (χ4n) is 7.00. The van der Waals surface area contributed by atoms with Gasteiger partial charge in [0, 0.05) is 27.7 Å². The molecule has 0 unspecified atom stereocenters. The van der Waals surface area contributed by atoms with Gasteiger partial charge >= 0.3 is 19.3 Å². The third-order valence-electron chi connectivity index (χ3n) is 11.9. The van der Waals surface area contributed by atoms with Crippen LogP contribution in [0, 0.1) is 0 Å². The van der Waals surface area contributed by atoms with Crippen LogP contribution in [0.2, 0.25) is 0 Å². The molecule has 0 amide bonds. The average Bonchev–Trinajstić information content (AvgIpc) is 3.82. The number of aromatic nitrogens is 1. The molecular weight excluding hydrogens is 910 g/mol. The number of fused-ring (bicyclic) bond motifs is 2. The van der Waals surface area contributed by atoms with Crippen molar-refractivity contribution in [2.75, 3.05) is 19.6 Å². The molecule has 7 rings (SSSR count). The number of nitrogens with one attached hydrogen (secondary N) is 1. The number of aryl methyl sites for hydroxylation is 1. The number of hydrogen-bond donors (Lipinski definition) is 2. The molecule has 9 nitrogen and oxygen atoms in total. The van der Waals surface area contributed by atoms with E-state index in [0.717, 1.165) is 75.0 Å². The number of alkyl halides is 3. The van der Waals surface area contributed by atoms with E-state index in [0.29, 0.717) is 12.1 Å². The molecule has 346 valence electrons. The van der Waals surface area contributed by atoms with Gasteiger partial charge in [-0.1, -0.05) is 91.3 Å². The van der Waals surface area contributed by atoms with Crippen LogP contribution >= 0.6 is 27.5 Å². The summed E-state index contributed by atoms with van der Waals surface area (Å²) in [6.45, 7) is 22.3. The number of carboxylic acids is 1. The van der Waals surface area contributed by atoms with Crippen LogP contribution in [-0.2, 0) is 51.6 Å². The van der Waals surface area contributed by atoms with Crippen molar-refractivity contribution in [1.29, 1.82) is 0 Å². The van der Waals surface area contributed by atoms with E-state index < -0.39 is 41.6 Å². The van der Waals surface area contributed by atoms with Gasteiger partial charge < -0.3 is 29.0 Å². The maximum absolute atomic E-state index is 12.3. The fraction of sp³-hybridized carbons (Fsp3) is 0.449. The fourth-order valence-corrected chi connectivity index (χ4v) is 7.48. The summed E-state index contributed by atoms with van der Waals surface area (Å²) >= 11 is 9.08. The summed E-state index contributed by atoms with van der Waals surface area (Å²) in [5.74, 6) is -1.55. The van der Waals surface area contributed by atoms with Crippen molar-refractivity contribution in [3.05, 3.63) is 129 Å². The van der Waals surface area contributed by atoms with Crippen LogP contribution in [0.15, 0.2) is 93.8 Å². The first-order valence-electron chi connectivity index (χ1n) is 21.7. The summed E-state index contributed by atoms with van der Waals surface area (Å²) in [5, 5.41) is 12.9. The number of nitrogens with zero attached hydrogens (tertiary/aromatic N) is 2. The summed E-state index contributed by atoms with van der Waals surface area (Å²) in [6.07, 6.45) is -0.291. The second kappa shape index (κ2) is 22.9. The van der Waals surface area contributed by atoms with E-state index in [1.165, 1.54) is 25.7 Å². The molecule has 2 N–H and O–H groups in total. The van der Waals surface area contributed by atoms with Crippen LogP contribution in [0.4, 0.5) is 13.2 Å². The molecule has 0 radical (unpaired) electrons. The van der Waals surface area contributed by atoms with Crippen molar-refractivity contribution in [3.63, 3.8) is 0 Å². The normalized spacial score (nSPS) is 15.3. The first-order chi connectivity index (χ1) is 30.0. The number of benzene rings is 3. The number of pyridine rings is 1. The Hall–Kier alpha value is -4.05. The van der Waals surface area contributed by atoms with E-state index in [9.17, 15) is 27.9 Å². The molecule has 5 aromatic rings. The van der Waals surface area contributed by atoms with E-state index in [-0.39, 0.29) is 17.5 Å². The Morgan fingerprint density at radius 3 is 2.02 bits per heavy atom. The molecule has 15 heteroatoms. The zero-order chi connectivity index (χ0) is 47.5. The summed E-state index contributed by atoms with van der Waals surface area (Å²) < 4.78 is 54.6. The molecule has 2 aliphatic rings. The Kier molecular flexibility index (Phi) is 18.8. The molecule has 2 aromatic heterocycles. The van der Waals surface area contributed by atoms with Crippen molar-refractivity contribution in [1.82, 2.24) is 15.2 Å². The number of para-hydroxylation sites is 1. The van der Waals surface area contributed by atoms with Gasteiger partial charge in [0.05, 0.1) is 28.7 Å². The monoisotopic (exact) mass is 969 g/mol. The minimum atomic E-state index is -4.43. The van der Waals surface area contributed by atoms with Crippen LogP contribution in [0.25, 0.3) is 10.9 Å². The lowest BCUT2D eigenvalue weighted by atomic mass is 9.75. The van der Waals surface area contributed by atoms with Crippen molar-refractivity contribution in [3.8, 4) is 0 Å². The molecule has 1 aliphatic carbocycles. The molecule has 1 saturated heterocycles. The molecule has 3 aromatic carbocycles. The number of carboxylic acid groups (broad SMARTS) is 1. The Bertz CT molecular complexity index is 2290. The van der Waals surface area contributed by atoms with Crippen LogP contribution in [0.3, 0.4) is 0 Å². The summed E-state index contributed by atoms with van der Waals surface area (Å²) in [7, 11) is -0.473. The van der Waals surface area contributed by atoms with E-state index in [1.807, 2.05) is 100 Å². The van der Waals surface area contributed by atoms with Gasteiger partial charge in [0.25, 0.3) is 5.24 Å². The highest BCUT2D eigenvalue weighted by Gasteiger charge is 2.52. The maximum atomic E-state index is 12.3.